The zero-order chi connectivity index (χ0) is 11.9. The van der Waals surface area contributed by atoms with Gasteiger partial charge in [0.15, 0.2) is 0 Å². The molecule has 92 valence electrons. The molecule has 1 unspecified atom stereocenters. The lowest BCUT2D eigenvalue weighted by atomic mass is 10.2. The lowest BCUT2D eigenvalue weighted by Gasteiger charge is -2.23. The molecule has 3 heteroatoms. The van der Waals surface area contributed by atoms with Gasteiger partial charge in [-0.05, 0) is 41.3 Å². The number of rotatable bonds is 7. The largest absolute Gasteiger partial charge is 0.375 e. The van der Waals surface area contributed by atoms with E-state index in [2.05, 4.69) is 51.9 Å². The van der Waals surface area contributed by atoms with Crippen molar-refractivity contribution in [2.75, 3.05) is 33.3 Å². The molecule has 0 aliphatic heterocycles. The summed E-state index contributed by atoms with van der Waals surface area (Å²) in [6.45, 7) is 14.5. The van der Waals surface area contributed by atoms with Crippen LogP contribution in [0.25, 0.3) is 0 Å². The number of hydrogen-bond acceptors (Lipinski definition) is 3. The van der Waals surface area contributed by atoms with E-state index in [1.807, 2.05) is 0 Å². The zero-order valence-corrected chi connectivity index (χ0v) is 11.3. The Morgan fingerprint density at radius 2 is 1.93 bits per heavy atom. The summed E-state index contributed by atoms with van der Waals surface area (Å²) in [4.78, 5) is 2.31. The van der Waals surface area contributed by atoms with Crippen molar-refractivity contribution < 1.29 is 4.74 Å². The van der Waals surface area contributed by atoms with Gasteiger partial charge in [0.25, 0.3) is 0 Å². The molecule has 0 aromatic heterocycles. The first kappa shape index (κ1) is 14.9. The van der Waals surface area contributed by atoms with Gasteiger partial charge >= 0.3 is 0 Å². The zero-order valence-electron chi connectivity index (χ0n) is 11.3. The van der Waals surface area contributed by atoms with Crippen LogP contribution in [0.1, 0.15) is 34.6 Å². The third-order valence-electron chi connectivity index (χ3n) is 2.26. The second-order valence-electron chi connectivity index (χ2n) is 5.17. The van der Waals surface area contributed by atoms with E-state index >= 15 is 0 Å². The fourth-order valence-electron chi connectivity index (χ4n) is 1.32. The first-order chi connectivity index (χ1) is 6.85. The predicted molar refractivity (Wildman–Crippen MR) is 66.3 cm³/mol. The van der Waals surface area contributed by atoms with E-state index in [9.17, 15) is 0 Å². The summed E-state index contributed by atoms with van der Waals surface area (Å²) in [7, 11) is 2.14. The van der Waals surface area contributed by atoms with E-state index in [0.29, 0.717) is 6.04 Å². The van der Waals surface area contributed by atoms with E-state index in [1.165, 1.54) is 0 Å². The Morgan fingerprint density at radius 1 is 1.33 bits per heavy atom. The van der Waals surface area contributed by atoms with E-state index < -0.39 is 0 Å². The van der Waals surface area contributed by atoms with E-state index in [1.54, 1.807) is 0 Å². The molecule has 0 fully saturated rings. The average Bonchev–Trinajstić information content (AvgIpc) is 2.11. The molecule has 0 aliphatic rings. The molecule has 1 atom stereocenters. The summed E-state index contributed by atoms with van der Waals surface area (Å²) in [5.41, 5.74) is -0.0227. The van der Waals surface area contributed by atoms with Crippen LogP contribution >= 0.6 is 0 Å². The van der Waals surface area contributed by atoms with E-state index in [0.717, 1.165) is 26.2 Å². The standard InChI is InChI=1S/C12H28N2O/c1-7-14(6)10-11(2)13-8-9-15-12(3,4)5/h11,13H,7-10H2,1-6H3. The van der Waals surface area contributed by atoms with Gasteiger partial charge in [-0.3, -0.25) is 0 Å². The lowest BCUT2D eigenvalue weighted by Crippen LogP contribution is -2.39. The Labute approximate surface area is 95.2 Å². The molecule has 0 rings (SSSR count). The highest BCUT2D eigenvalue weighted by atomic mass is 16.5. The molecule has 15 heavy (non-hydrogen) atoms. The summed E-state index contributed by atoms with van der Waals surface area (Å²) in [6.07, 6.45) is 0. The number of ether oxygens (including phenoxy) is 1. The molecule has 1 N–H and O–H groups in total. The molecule has 0 saturated carbocycles. The van der Waals surface area contributed by atoms with Gasteiger partial charge < -0.3 is 15.0 Å². The van der Waals surface area contributed by atoms with Crippen LogP contribution in [0.2, 0.25) is 0 Å². The average molecular weight is 216 g/mol. The molecule has 0 spiro atoms. The second kappa shape index (κ2) is 7.20. The minimum atomic E-state index is -0.0227. The Kier molecular flexibility index (Phi) is 7.14. The highest BCUT2D eigenvalue weighted by Crippen LogP contribution is 2.05. The molecule has 0 heterocycles. The van der Waals surface area contributed by atoms with Crippen molar-refractivity contribution in [3.05, 3.63) is 0 Å². The van der Waals surface area contributed by atoms with Crippen LogP contribution in [0.5, 0.6) is 0 Å². The van der Waals surface area contributed by atoms with Gasteiger partial charge in [-0.1, -0.05) is 6.92 Å². The molecule has 0 saturated heterocycles. The summed E-state index contributed by atoms with van der Waals surface area (Å²) in [5, 5.41) is 3.45. The maximum absolute atomic E-state index is 5.63. The quantitative estimate of drug-likeness (QED) is 0.656. The maximum atomic E-state index is 5.63. The van der Waals surface area contributed by atoms with Gasteiger partial charge in [0.2, 0.25) is 0 Å². The number of nitrogens with one attached hydrogen (secondary N) is 1. The van der Waals surface area contributed by atoms with Crippen molar-refractivity contribution in [1.82, 2.24) is 10.2 Å². The van der Waals surface area contributed by atoms with Gasteiger partial charge in [-0.2, -0.15) is 0 Å². The van der Waals surface area contributed by atoms with Gasteiger partial charge in [0.05, 0.1) is 12.2 Å². The molecule has 0 aromatic rings. The Hall–Kier alpha value is -0.120. The molecule has 0 bridgehead atoms. The van der Waals surface area contributed by atoms with Crippen LogP contribution in [0.4, 0.5) is 0 Å². The second-order valence-corrected chi connectivity index (χ2v) is 5.17. The SMILES string of the molecule is CCN(C)CC(C)NCCOC(C)(C)C. The van der Waals surface area contributed by atoms with Gasteiger partial charge in [0, 0.05) is 19.1 Å². The number of nitrogens with zero attached hydrogens (tertiary/aromatic N) is 1. The normalized spacial score (nSPS) is 14.6. The van der Waals surface area contributed by atoms with Crippen LogP contribution in [0, 0.1) is 0 Å². The third kappa shape index (κ3) is 10.2. The number of likely N-dealkylation sites (N-methyl/N-ethyl adjacent to an activating group) is 1. The fraction of sp³-hybridized carbons (Fsp3) is 1.00. The maximum Gasteiger partial charge on any atom is 0.0599 e. The molecule has 0 aromatic carbocycles. The van der Waals surface area contributed by atoms with Gasteiger partial charge in [-0.15, -0.1) is 0 Å². The highest BCUT2D eigenvalue weighted by molar-refractivity contribution is 4.65. The smallest absolute Gasteiger partial charge is 0.0599 e. The van der Waals surface area contributed by atoms with Crippen LogP contribution in [0.3, 0.4) is 0 Å². The van der Waals surface area contributed by atoms with Crippen LogP contribution in [-0.4, -0.2) is 49.8 Å². The topological polar surface area (TPSA) is 24.5 Å². The van der Waals surface area contributed by atoms with Crippen molar-refractivity contribution in [3.8, 4) is 0 Å². The van der Waals surface area contributed by atoms with Crippen LogP contribution in [-0.2, 0) is 4.74 Å². The summed E-state index contributed by atoms with van der Waals surface area (Å²) >= 11 is 0. The summed E-state index contributed by atoms with van der Waals surface area (Å²) in [5.74, 6) is 0. The van der Waals surface area contributed by atoms with Gasteiger partial charge in [0.1, 0.15) is 0 Å². The molecular formula is C12H28N2O. The summed E-state index contributed by atoms with van der Waals surface area (Å²) in [6, 6.07) is 0.526. The lowest BCUT2D eigenvalue weighted by molar-refractivity contribution is -0.00170. The third-order valence-corrected chi connectivity index (χ3v) is 2.26. The summed E-state index contributed by atoms with van der Waals surface area (Å²) < 4.78 is 5.63. The monoisotopic (exact) mass is 216 g/mol. The highest BCUT2D eigenvalue weighted by Gasteiger charge is 2.09. The molecule has 0 aliphatic carbocycles. The minimum Gasteiger partial charge on any atom is -0.375 e. The van der Waals surface area contributed by atoms with E-state index in [4.69, 9.17) is 4.74 Å². The van der Waals surface area contributed by atoms with Crippen molar-refractivity contribution >= 4 is 0 Å². The molecule has 0 radical (unpaired) electrons. The molecule has 3 nitrogen and oxygen atoms in total. The Balaban J connectivity index is 3.43. The Bertz CT molecular complexity index is 154. The number of hydrogen-bond donors (Lipinski definition) is 1. The molecule has 0 amide bonds. The van der Waals surface area contributed by atoms with Crippen molar-refractivity contribution in [2.24, 2.45) is 0 Å². The van der Waals surface area contributed by atoms with Crippen LogP contribution < -0.4 is 5.32 Å². The van der Waals surface area contributed by atoms with Crippen LogP contribution in [0.15, 0.2) is 0 Å². The van der Waals surface area contributed by atoms with Crippen molar-refractivity contribution in [3.63, 3.8) is 0 Å². The first-order valence-corrected chi connectivity index (χ1v) is 5.91. The molecular weight excluding hydrogens is 188 g/mol. The van der Waals surface area contributed by atoms with Crippen molar-refractivity contribution in [2.45, 2.75) is 46.3 Å². The predicted octanol–water partition coefficient (Wildman–Crippen LogP) is 1.73. The van der Waals surface area contributed by atoms with Crippen molar-refractivity contribution in [1.29, 1.82) is 0 Å². The minimum absolute atomic E-state index is 0.0227. The Morgan fingerprint density at radius 3 is 2.40 bits per heavy atom. The first-order valence-electron chi connectivity index (χ1n) is 5.91. The van der Waals surface area contributed by atoms with E-state index in [-0.39, 0.29) is 5.60 Å². The van der Waals surface area contributed by atoms with Gasteiger partial charge in [-0.25, -0.2) is 0 Å². The fourth-order valence-corrected chi connectivity index (χ4v) is 1.32.